The third-order valence-electron chi connectivity index (χ3n) is 3.49. The normalized spacial score (nSPS) is 12.8. The number of carbonyl (C=O) groups excluding carboxylic acids is 1. The number of nitrogens with zero attached hydrogens (tertiary/aromatic N) is 1. The Morgan fingerprint density at radius 1 is 1.35 bits per heavy atom. The van der Waals surface area contributed by atoms with Crippen molar-refractivity contribution >= 4 is 24.0 Å². The molecule has 0 spiro atoms. The number of hydrogen-bond acceptors (Lipinski definition) is 2. The summed E-state index contributed by atoms with van der Waals surface area (Å²) in [4.78, 5) is 11.3. The van der Waals surface area contributed by atoms with E-state index in [2.05, 4.69) is 30.2 Å². The number of aryl methyl sites for hydroxylation is 2. The van der Waals surface area contributed by atoms with Crippen LogP contribution in [0.2, 0.25) is 0 Å². The van der Waals surface area contributed by atoms with Crippen molar-refractivity contribution in [3.05, 3.63) is 42.0 Å². The van der Waals surface area contributed by atoms with Gasteiger partial charge in [-0.25, -0.2) is 0 Å². The summed E-state index contributed by atoms with van der Waals surface area (Å²) in [5.74, 6) is -0.0400. The zero-order chi connectivity index (χ0) is 13.7. The van der Waals surface area contributed by atoms with Crippen LogP contribution in [0.25, 0.3) is 0 Å². The van der Waals surface area contributed by atoms with Crippen LogP contribution in [0.4, 0.5) is 5.69 Å². The molecule has 20 heavy (non-hydrogen) atoms. The molecule has 0 saturated carbocycles. The third-order valence-corrected chi connectivity index (χ3v) is 3.49. The van der Waals surface area contributed by atoms with Crippen LogP contribution in [-0.2, 0) is 17.6 Å². The predicted octanol–water partition coefficient (Wildman–Crippen LogP) is 3.42. The summed E-state index contributed by atoms with van der Waals surface area (Å²) in [7, 11) is 0. The molecule has 1 aromatic rings. The number of benzene rings is 1. The number of anilines is 1. The number of fused-ring (bicyclic) bond motifs is 1. The van der Waals surface area contributed by atoms with Gasteiger partial charge in [0.05, 0.1) is 5.69 Å². The Balaban J connectivity index is 0.00000200. The van der Waals surface area contributed by atoms with E-state index in [9.17, 15) is 4.79 Å². The quantitative estimate of drug-likeness (QED) is 0.667. The standard InChI is InChI=1S/C16H22N2O.ClH/c1-3-4-11-18(17-13(2)19)16-10-9-14-7-5-6-8-15(14)12-16;/h3,9-10,12H,1,4-8,11H2,2H3,(H,17,19);1H. The minimum absolute atomic E-state index is 0. The molecule has 0 aromatic heterocycles. The van der Waals surface area contributed by atoms with Gasteiger partial charge < -0.3 is 0 Å². The molecule has 0 unspecified atom stereocenters. The second-order valence-corrected chi connectivity index (χ2v) is 5.06. The summed E-state index contributed by atoms with van der Waals surface area (Å²) in [5, 5.41) is 1.92. The fraction of sp³-hybridized carbons (Fsp3) is 0.438. The van der Waals surface area contributed by atoms with Crippen molar-refractivity contribution in [2.75, 3.05) is 11.6 Å². The zero-order valence-electron chi connectivity index (χ0n) is 12.0. The summed E-state index contributed by atoms with van der Waals surface area (Å²) in [6.07, 6.45) is 7.60. The van der Waals surface area contributed by atoms with Crippen molar-refractivity contribution in [3.8, 4) is 0 Å². The molecule has 1 aliphatic rings. The molecule has 4 heteroatoms. The smallest absolute Gasteiger partial charge is 0.235 e. The van der Waals surface area contributed by atoms with Crippen LogP contribution >= 0.6 is 12.4 Å². The highest BCUT2D eigenvalue weighted by atomic mass is 35.5. The van der Waals surface area contributed by atoms with Gasteiger partial charge in [-0.15, -0.1) is 19.0 Å². The van der Waals surface area contributed by atoms with Crippen molar-refractivity contribution in [1.82, 2.24) is 5.43 Å². The van der Waals surface area contributed by atoms with Crippen molar-refractivity contribution in [1.29, 1.82) is 0 Å². The fourth-order valence-corrected chi connectivity index (χ4v) is 2.55. The maximum atomic E-state index is 11.3. The average Bonchev–Trinajstić information content (AvgIpc) is 2.42. The number of hydrazine groups is 1. The van der Waals surface area contributed by atoms with Crippen LogP contribution in [0.5, 0.6) is 0 Å². The van der Waals surface area contributed by atoms with E-state index in [1.165, 1.54) is 30.4 Å². The number of rotatable bonds is 5. The molecule has 0 saturated heterocycles. The highest BCUT2D eigenvalue weighted by molar-refractivity contribution is 5.85. The maximum Gasteiger partial charge on any atom is 0.235 e. The molecule has 1 amide bonds. The molecule has 110 valence electrons. The summed E-state index contributed by atoms with van der Waals surface area (Å²) in [5.41, 5.74) is 6.84. The SMILES string of the molecule is C=CCCN(NC(C)=O)c1ccc2c(c1)CCCC2.Cl. The Hall–Kier alpha value is -1.48. The highest BCUT2D eigenvalue weighted by Crippen LogP contribution is 2.25. The van der Waals surface area contributed by atoms with E-state index in [4.69, 9.17) is 0 Å². The molecule has 0 fully saturated rings. The molecular formula is C16H23ClN2O. The summed E-state index contributed by atoms with van der Waals surface area (Å²) in [6, 6.07) is 6.52. The van der Waals surface area contributed by atoms with Crippen LogP contribution in [0.3, 0.4) is 0 Å². The number of nitrogens with one attached hydrogen (secondary N) is 1. The topological polar surface area (TPSA) is 32.3 Å². The molecule has 1 N–H and O–H groups in total. The van der Waals surface area contributed by atoms with Gasteiger partial charge in [0.1, 0.15) is 0 Å². The molecule has 3 nitrogen and oxygen atoms in total. The van der Waals surface area contributed by atoms with Gasteiger partial charge in [0.25, 0.3) is 0 Å². The van der Waals surface area contributed by atoms with E-state index in [0.717, 1.165) is 25.1 Å². The molecule has 2 rings (SSSR count). The van der Waals surface area contributed by atoms with E-state index in [1.54, 1.807) is 6.92 Å². The van der Waals surface area contributed by atoms with Gasteiger partial charge in [0, 0.05) is 13.5 Å². The van der Waals surface area contributed by atoms with Crippen LogP contribution in [-0.4, -0.2) is 12.5 Å². The van der Waals surface area contributed by atoms with Crippen molar-refractivity contribution in [3.63, 3.8) is 0 Å². The second kappa shape index (κ2) is 7.95. The maximum absolute atomic E-state index is 11.3. The lowest BCUT2D eigenvalue weighted by atomic mass is 9.91. The highest BCUT2D eigenvalue weighted by Gasteiger charge is 2.13. The first-order chi connectivity index (χ1) is 9.20. The molecule has 0 heterocycles. The lowest BCUT2D eigenvalue weighted by Crippen LogP contribution is -2.41. The number of amides is 1. The average molecular weight is 295 g/mol. The number of carbonyl (C=O) groups is 1. The zero-order valence-corrected chi connectivity index (χ0v) is 12.8. The molecule has 1 aliphatic carbocycles. The summed E-state index contributed by atoms with van der Waals surface area (Å²) < 4.78 is 0. The molecule has 0 aliphatic heterocycles. The molecule has 0 atom stereocenters. The Kier molecular flexibility index (Phi) is 6.59. The van der Waals surface area contributed by atoms with Crippen LogP contribution in [0.15, 0.2) is 30.9 Å². The number of hydrogen-bond donors (Lipinski definition) is 1. The Morgan fingerprint density at radius 2 is 2.05 bits per heavy atom. The molecular weight excluding hydrogens is 272 g/mol. The van der Waals surface area contributed by atoms with Crippen molar-refractivity contribution < 1.29 is 4.79 Å². The first-order valence-corrected chi connectivity index (χ1v) is 6.98. The van der Waals surface area contributed by atoms with Gasteiger partial charge in [-0.3, -0.25) is 15.2 Å². The minimum Gasteiger partial charge on any atom is -0.285 e. The van der Waals surface area contributed by atoms with Crippen LogP contribution in [0, 0.1) is 0 Å². The van der Waals surface area contributed by atoms with Gasteiger partial charge in [-0.1, -0.05) is 12.1 Å². The van der Waals surface area contributed by atoms with Gasteiger partial charge in [0.15, 0.2) is 0 Å². The fourth-order valence-electron chi connectivity index (χ4n) is 2.55. The first kappa shape index (κ1) is 16.6. The largest absolute Gasteiger partial charge is 0.285 e. The third kappa shape index (κ3) is 4.27. The Bertz CT molecular complexity index is 474. The van der Waals surface area contributed by atoms with Gasteiger partial charge in [-0.2, -0.15) is 0 Å². The van der Waals surface area contributed by atoms with E-state index in [-0.39, 0.29) is 18.3 Å². The lowest BCUT2D eigenvalue weighted by Gasteiger charge is -2.26. The van der Waals surface area contributed by atoms with Gasteiger partial charge in [-0.05, 0) is 55.4 Å². The van der Waals surface area contributed by atoms with Crippen molar-refractivity contribution in [2.24, 2.45) is 0 Å². The first-order valence-electron chi connectivity index (χ1n) is 6.98. The molecule has 1 aromatic carbocycles. The van der Waals surface area contributed by atoms with Crippen LogP contribution < -0.4 is 10.4 Å². The second-order valence-electron chi connectivity index (χ2n) is 5.06. The van der Waals surface area contributed by atoms with E-state index in [1.807, 2.05) is 11.1 Å². The molecule has 0 bridgehead atoms. The summed E-state index contributed by atoms with van der Waals surface area (Å²) in [6.45, 7) is 6.03. The van der Waals surface area contributed by atoms with E-state index in [0.29, 0.717) is 0 Å². The monoisotopic (exact) mass is 294 g/mol. The van der Waals surface area contributed by atoms with E-state index < -0.39 is 0 Å². The Labute approximate surface area is 127 Å². The summed E-state index contributed by atoms with van der Waals surface area (Å²) >= 11 is 0. The number of halogens is 1. The van der Waals surface area contributed by atoms with Crippen molar-refractivity contribution in [2.45, 2.75) is 39.0 Å². The minimum atomic E-state index is -0.0400. The Morgan fingerprint density at radius 3 is 2.70 bits per heavy atom. The lowest BCUT2D eigenvalue weighted by molar-refractivity contribution is -0.119. The van der Waals surface area contributed by atoms with Gasteiger partial charge in [0.2, 0.25) is 5.91 Å². The molecule has 0 radical (unpaired) electrons. The predicted molar refractivity (Wildman–Crippen MR) is 86.3 cm³/mol. The van der Waals surface area contributed by atoms with Gasteiger partial charge >= 0.3 is 0 Å². The van der Waals surface area contributed by atoms with E-state index >= 15 is 0 Å². The van der Waals surface area contributed by atoms with Crippen LogP contribution in [0.1, 0.15) is 37.3 Å².